The highest BCUT2D eigenvalue weighted by atomic mass is 35.5. The van der Waals surface area contributed by atoms with Crippen LogP contribution in [0.5, 0.6) is 0 Å². The summed E-state index contributed by atoms with van der Waals surface area (Å²) in [4.78, 5) is 25.2. The van der Waals surface area contributed by atoms with Crippen molar-refractivity contribution in [3.8, 4) is 0 Å². The molecule has 0 aromatic heterocycles. The Bertz CT molecular complexity index is 500. The minimum atomic E-state index is -0.178. The fraction of sp³-hybridized carbons (Fsp3) is 0.467. The Labute approximate surface area is 135 Å². The summed E-state index contributed by atoms with van der Waals surface area (Å²) in [6.45, 7) is 5.88. The molecule has 1 rings (SSSR count). The summed E-state index contributed by atoms with van der Waals surface area (Å²) in [7, 11) is 0. The van der Waals surface area contributed by atoms with Crippen LogP contribution in [-0.4, -0.2) is 29.3 Å². The van der Waals surface area contributed by atoms with E-state index in [0.29, 0.717) is 22.3 Å². The highest BCUT2D eigenvalue weighted by Gasteiger charge is 2.16. The zero-order valence-corrected chi connectivity index (χ0v) is 14.0. The van der Waals surface area contributed by atoms with E-state index < -0.39 is 0 Å². The van der Waals surface area contributed by atoms with Gasteiger partial charge >= 0.3 is 0 Å². The SMILES string of the molecule is CCC(C)N(CCC(=O)Nc1cc(Cl)cc(Cl)c1)C(C)=O. The van der Waals surface area contributed by atoms with Crippen molar-refractivity contribution in [2.75, 3.05) is 11.9 Å². The Morgan fingerprint density at radius 1 is 1.24 bits per heavy atom. The number of anilines is 1. The number of amides is 2. The lowest BCUT2D eigenvalue weighted by molar-refractivity contribution is -0.131. The number of halogens is 2. The number of nitrogens with zero attached hydrogens (tertiary/aromatic N) is 1. The molecular formula is C15H20Cl2N2O2. The highest BCUT2D eigenvalue weighted by Crippen LogP contribution is 2.22. The van der Waals surface area contributed by atoms with Crippen LogP contribution in [0.4, 0.5) is 5.69 Å². The molecule has 0 aliphatic rings. The van der Waals surface area contributed by atoms with Crippen molar-refractivity contribution in [2.24, 2.45) is 0 Å². The third-order valence-electron chi connectivity index (χ3n) is 3.25. The molecule has 116 valence electrons. The van der Waals surface area contributed by atoms with Gasteiger partial charge in [-0.25, -0.2) is 0 Å². The first-order chi connectivity index (χ1) is 9.83. The number of hydrogen-bond acceptors (Lipinski definition) is 2. The summed E-state index contributed by atoms with van der Waals surface area (Å²) in [6, 6.07) is 4.97. The van der Waals surface area contributed by atoms with Crippen molar-refractivity contribution in [3.05, 3.63) is 28.2 Å². The molecule has 0 spiro atoms. The predicted molar refractivity (Wildman–Crippen MR) is 86.8 cm³/mol. The summed E-state index contributed by atoms with van der Waals surface area (Å²) in [5.41, 5.74) is 0.551. The fourth-order valence-electron chi connectivity index (χ4n) is 1.98. The van der Waals surface area contributed by atoms with Gasteiger partial charge in [0.15, 0.2) is 0 Å². The van der Waals surface area contributed by atoms with Gasteiger partial charge in [0.1, 0.15) is 0 Å². The molecule has 1 aromatic carbocycles. The molecule has 0 saturated carbocycles. The van der Waals surface area contributed by atoms with Gasteiger partial charge in [-0.1, -0.05) is 30.1 Å². The smallest absolute Gasteiger partial charge is 0.226 e. The van der Waals surface area contributed by atoms with Crippen LogP contribution in [0.1, 0.15) is 33.6 Å². The van der Waals surface area contributed by atoms with Gasteiger partial charge in [0.2, 0.25) is 11.8 Å². The Morgan fingerprint density at radius 2 is 1.81 bits per heavy atom. The van der Waals surface area contributed by atoms with Crippen LogP contribution in [0, 0.1) is 0 Å². The Kier molecular flexibility index (Phi) is 6.99. The topological polar surface area (TPSA) is 49.4 Å². The maximum absolute atomic E-state index is 11.9. The minimum absolute atomic E-state index is 0.0250. The Morgan fingerprint density at radius 3 is 2.29 bits per heavy atom. The number of rotatable bonds is 6. The first-order valence-corrected chi connectivity index (χ1v) is 7.62. The van der Waals surface area contributed by atoms with Crippen LogP contribution in [0.25, 0.3) is 0 Å². The van der Waals surface area contributed by atoms with Gasteiger partial charge in [0.05, 0.1) is 0 Å². The third kappa shape index (κ3) is 5.94. The van der Waals surface area contributed by atoms with Crippen LogP contribution in [-0.2, 0) is 9.59 Å². The second-order valence-corrected chi connectivity index (χ2v) is 5.80. The summed E-state index contributed by atoms with van der Waals surface area (Å²) >= 11 is 11.7. The largest absolute Gasteiger partial charge is 0.340 e. The molecule has 0 bridgehead atoms. The molecule has 1 atom stereocenters. The molecule has 0 radical (unpaired) electrons. The zero-order valence-electron chi connectivity index (χ0n) is 12.5. The molecule has 0 aliphatic heterocycles. The van der Waals surface area contributed by atoms with Gasteiger partial charge in [0.25, 0.3) is 0 Å². The van der Waals surface area contributed by atoms with Crippen molar-refractivity contribution in [3.63, 3.8) is 0 Å². The van der Waals surface area contributed by atoms with Crippen molar-refractivity contribution < 1.29 is 9.59 Å². The average molecular weight is 331 g/mol. The standard InChI is InChI=1S/C15H20Cl2N2O2/c1-4-10(2)19(11(3)20)6-5-15(21)18-14-8-12(16)7-13(17)9-14/h7-10H,4-6H2,1-3H3,(H,18,21). The van der Waals surface area contributed by atoms with Crippen LogP contribution >= 0.6 is 23.2 Å². The van der Waals surface area contributed by atoms with Gasteiger partial charge in [-0.2, -0.15) is 0 Å². The number of hydrogen-bond donors (Lipinski definition) is 1. The lowest BCUT2D eigenvalue weighted by Crippen LogP contribution is -2.38. The maximum Gasteiger partial charge on any atom is 0.226 e. The van der Waals surface area contributed by atoms with Gasteiger partial charge in [-0.15, -0.1) is 0 Å². The van der Waals surface area contributed by atoms with Crippen LogP contribution < -0.4 is 5.32 Å². The van der Waals surface area contributed by atoms with Gasteiger partial charge in [-0.05, 0) is 31.5 Å². The first-order valence-electron chi connectivity index (χ1n) is 6.86. The van der Waals surface area contributed by atoms with Crippen LogP contribution in [0.2, 0.25) is 10.0 Å². The van der Waals surface area contributed by atoms with Crippen LogP contribution in [0.3, 0.4) is 0 Å². The molecule has 1 unspecified atom stereocenters. The molecule has 0 heterocycles. The maximum atomic E-state index is 11.9. The molecule has 0 saturated heterocycles. The minimum Gasteiger partial charge on any atom is -0.340 e. The van der Waals surface area contributed by atoms with E-state index >= 15 is 0 Å². The molecule has 0 aliphatic carbocycles. The van der Waals surface area contributed by atoms with E-state index in [1.54, 1.807) is 23.1 Å². The normalized spacial score (nSPS) is 11.9. The van der Waals surface area contributed by atoms with E-state index in [9.17, 15) is 9.59 Å². The van der Waals surface area contributed by atoms with E-state index in [0.717, 1.165) is 6.42 Å². The van der Waals surface area contributed by atoms with E-state index in [1.165, 1.54) is 6.92 Å². The number of benzene rings is 1. The fourth-order valence-corrected chi connectivity index (χ4v) is 2.51. The highest BCUT2D eigenvalue weighted by molar-refractivity contribution is 6.35. The second kappa shape index (κ2) is 8.25. The average Bonchev–Trinajstić information content (AvgIpc) is 2.36. The lowest BCUT2D eigenvalue weighted by atomic mass is 10.2. The molecule has 6 heteroatoms. The van der Waals surface area contributed by atoms with Gasteiger partial charge in [-0.3, -0.25) is 9.59 Å². The first kappa shape index (κ1) is 17.8. The monoisotopic (exact) mass is 330 g/mol. The van der Waals surface area contributed by atoms with Crippen molar-refractivity contribution in [2.45, 2.75) is 39.7 Å². The summed E-state index contributed by atoms with van der Waals surface area (Å²) in [5.74, 6) is -0.203. The second-order valence-electron chi connectivity index (χ2n) is 4.93. The summed E-state index contributed by atoms with van der Waals surface area (Å²) < 4.78 is 0. The summed E-state index contributed by atoms with van der Waals surface area (Å²) in [6.07, 6.45) is 1.08. The molecular weight excluding hydrogens is 311 g/mol. The molecule has 0 fully saturated rings. The quantitative estimate of drug-likeness (QED) is 0.857. The predicted octanol–water partition coefficient (Wildman–Crippen LogP) is 3.97. The zero-order chi connectivity index (χ0) is 16.0. The molecule has 4 nitrogen and oxygen atoms in total. The Balaban J connectivity index is 2.58. The van der Waals surface area contributed by atoms with E-state index in [1.807, 2.05) is 13.8 Å². The van der Waals surface area contributed by atoms with Crippen molar-refractivity contribution in [1.29, 1.82) is 0 Å². The third-order valence-corrected chi connectivity index (χ3v) is 3.69. The lowest BCUT2D eigenvalue weighted by Gasteiger charge is -2.27. The van der Waals surface area contributed by atoms with Gasteiger partial charge in [0, 0.05) is 41.7 Å². The van der Waals surface area contributed by atoms with E-state index in [4.69, 9.17) is 23.2 Å². The molecule has 1 aromatic rings. The van der Waals surface area contributed by atoms with E-state index in [-0.39, 0.29) is 24.3 Å². The molecule has 1 N–H and O–H groups in total. The molecule has 2 amide bonds. The van der Waals surface area contributed by atoms with Gasteiger partial charge < -0.3 is 10.2 Å². The summed E-state index contributed by atoms with van der Waals surface area (Å²) in [5, 5.41) is 3.65. The number of nitrogens with one attached hydrogen (secondary N) is 1. The Hall–Kier alpha value is -1.26. The van der Waals surface area contributed by atoms with E-state index in [2.05, 4.69) is 5.32 Å². The number of carbonyl (C=O) groups excluding carboxylic acids is 2. The van der Waals surface area contributed by atoms with Crippen molar-refractivity contribution in [1.82, 2.24) is 4.90 Å². The van der Waals surface area contributed by atoms with Crippen molar-refractivity contribution >= 4 is 40.7 Å². The molecule has 21 heavy (non-hydrogen) atoms. The number of carbonyl (C=O) groups is 2. The van der Waals surface area contributed by atoms with Crippen LogP contribution in [0.15, 0.2) is 18.2 Å².